The molecule has 9 nitrogen and oxygen atoms in total. The number of pyridine rings is 1. The van der Waals surface area contributed by atoms with Gasteiger partial charge in [0.2, 0.25) is 10.0 Å². The average Bonchev–Trinajstić information content (AvgIpc) is 2.78. The minimum absolute atomic E-state index is 0.166. The van der Waals surface area contributed by atoms with E-state index in [1.807, 2.05) is 0 Å². The molecule has 0 amide bonds. The first kappa shape index (κ1) is 22.5. The molecule has 0 N–H and O–H groups in total. The lowest BCUT2D eigenvalue weighted by Crippen LogP contribution is -2.40. The van der Waals surface area contributed by atoms with Crippen LogP contribution in [-0.4, -0.2) is 54.4 Å². The summed E-state index contributed by atoms with van der Waals surface area (Å²) in [6.07, 6.45) is 1.55. The van der Waals surface area contributed by atoms with Crippen LogP contribution < -0.4 is 5.56 Å². The third-order valence-electron chi connectivity index (χ3n) is 4.79. The monoisotopic (exact) mass is 525 g/mol. The number of carbonyl (C=O) groups excluding carboxylic acids is 1. The van der Waals surface area contributed by atoms with E-state index in [1.54, 1.807) is 18.3 Å². The number of carbonyl (C=O) groups is 1. The van der Waals surface area contributed by atoms with Gasteiger partial charge in [-0.1, -0.05) is 0 Å². The smallest absolute Gasteiger partial charge is 0.341 e. The fourth-order valence-electron chi connectivity index (χ4n) is 3.17. The van der Waals surface area contributed by atoms with Crippen LogP contribution >= 0.6 is 15.9 Å². The van der Waals surface area contributed by atoms with Crippen LogP contribution in [0.2, 0.25) is 0 Å². The summed E-state index contributed by atoms with van der Waals surface area (Å²) in [6.45, 7) is 0.453. The van der Waals surface area contributed by atoms with Crippen molar-refractivity contribution in [2.24, 2.45) is 0 Å². The van der Waals surface area contributed by atoms with Crippen molar-refractivity contribution in [2.75, 3.05) is 26.3 Å². The Hall–Kier alpha value is -2.67. The number of hydrogen-bond donors (Lipinski definition) is 0. The van der Waals surface area contributed by atoms with Crippen LogP contribution in [0.5, 0.6) is 0 Å². The summed E-state index contributed by atoms with van der Waals surface area (Å²) in [4.78, 5) is 28.7. The summed E-state index contributed by atoms with van der Waals surface area (Å²) in [5.74, 6) is -1.99. The minimum Gasteiger partial charge on any atom is -0.455 e. The van der Waals surface area contributed by atoms with E-state index in [9.17, 15) is 22.4 Å². The van der Waals surface area contributed by atoms with Gasteiger partial charge in [0.05, 0.1) is 29.4 Å². The van der Waals surface area contributed by atoms with Crippen molar-refractivity contribution < 1.29 is 27.1 Å². The van der Waals surface area contributed by atoms with Crippen LogP contribution in [0.4, 0.5) is 4.39 Å². The Morgan fingerprint density at radius 1 is 1.19 bits per heavy atom. The minimum atomic E-state index is -3.92. The molecular formula is C20H17BrFN3O6S. The Labute approximate surface area is 190 Å². The molecule has 12 heteroatoms. The number of halogens is 2. The lowest BCUT2D eigenvalue weighted by Gasteiger charge is -2.26. The molecule has 1 fully saturated rings. The Bertz CT molecular complexity index is 1360. The maximum Gasteiger partial charge on any atom is 0.341 e. The molecular weight excluding hydrogens is 509 g/mol. The van der Waals surface area contributed by atoms with E-state index in [2.05, 4.69) is 20.9 Å². The summed E-state index contributed by atoms with van der Waals surface area (Å²) >= 11 is 3.27. The summed E-state index contributed by atoms with van der Waals surface area (Å²) in [5, 5.41) is 0. The number of ether oxygens (including phenoxy) is 2. The number of benzene rings is 1. The topological polar surface area (TPSA) is 107 Å². The third kappa shape index (κ3) is 4.58. The molecule has 2 aromatic heterocycles. The summed E-state index contributed by atoms with van der Waals surface area (Å²) in [5.41, 5.74) is -0.396. The van der Waals surface area contributed by atoms with Crippen LogP contribution in [-0.2, 0) is 26.1 Å². The van der Waals surface area contributed by atoms with Crippen molar-refractivity contribution in [1.82, 2.24) is 13.7 Å². The van der Waals surface area contributed by atoms with E-state index in [0.29, 0.717) is 10.1 Å². The molecule has 32 heavy (non-hydrogen) atoms. The van der Waals surface area contributed by atoms with Gasteiger partial charge in [0.1, 0.15) is 18.1 Å². The molecule has 1 saturated heterocycles. The van der Waals surface area contributed by atoms with Gasteiger partial charge >= 0.3 is 5.97 Å². The van der Waals surface area contributed by atoms with Crippen molar-refractivity contribution in [3.05, 3.63) is 74.5 Å². The second-order valence-corrected chi connectivity index (χ2v) is 9.75. The summed E-state index contributed by atoms with van der Waals surface area (Å²) in [6, 6.07) is 7.46. The molecule has 1 aliphatic rings. The van der Waals surface area contributed by atoms with Crippen LogP contribution in [0.25, 0.3) is 5.65 Å². The first-order chi connectivity index (χ1) is 15.3. The van der Waals surface area contributed by atoms with Crippen molar-refractivity contribution >= 4 is 37.6 Å². The van der Waals surface area contributed by atoms with E-state index < -0.39 is 27.4 Å². The van der Waals surface area contributed by atoms with Crippen molar-refractivity contribution in [1.29, 1.82) is 0 Å². The van der Waals surface area contributed by atoms with E-state index in [4.69, 9.17) is 9.47 Å². The number of fused-ring (bicyclic) bond motifs is 1. The molecule has 1 aliphatic heterocycles. The van der Waals surface area contributed by atoms with Crippen molar-refractivity contribution in [3.8, 4) is 0 Å². The maximum atomic E-state index is 14.3. The fraction of sp³-hybridized carbons (Fsp3) is 0.250. The van der Waals surface area contributed by atoms with Gasteiger partial charge in [0, 0.05) is 29.8 Å². The lowest BCUT2D eigenvalue weighted by molar-refractivity contribution is 0.0462. The number of sulfonamides is 1. The molecule has 0 atom stereocenters. The fourth-order valence-corrected chi connectivity index (χ4v) is 4.95. The number of nitrogens with zero attached hydrogens (tertiary/aromatic N) is 3. The Morgan fingerprint density at radius 3 is 2.69 bits per heavy atom. The zero-order valence-corrected chi connectivity index (χ0v) is 18.9. The van der Waals surface area contributed by atoms with Gasteiger partial charge in [-0.25, -0.2) is 22.6 Å². The quantitative estimate of drug-likeness (QED) is 0.468. The van der Waals surface area contributed by atoms with Crippen molar-refractivity contribution in [3.63, 3.8) is 0 Å². The van der Waals surface area contributed by atoms with Gasteiger partial charge in [-0.2, -0.15) is 4.31 Å². The molecule has 3 aromatic rings. The normalized spacial score (nSPS) is 15.1. The zero-order chi connectivity index (χ0) is 22.9. The van der Waals surface area contributed by atoms with Gasteiger partial charge in [-0.05, 0) is 46.3 Å². The zero-order valence-electron chi connectivity index (χ0n) is 16.5. The Kier molecular flexibility index (Phi) is 6.38. The molecule has 168 valence electrons. The van der Waals surface area contributed by atoms with E-state index in [1.165, 1.54) is 14.8 Å². The highest BCUT2D eigenvalue weighted by atomic mass is 79.9. The standard InChI is InChI=1S/C20H17BrFN3O6S/c21-13-1-4-18-23-14(9-19(26)25(18)11-13)12-31-20(27)16-10-15(2-3-17(16)22)32(28,29)24-5-7-30-8-6-24/h1-4,9-11H,5-8,12H2. The second-order valence-electron chi connectivity index (χ2n) is 6.90. The molecule has 0 radical (unpaired) electrons. The number of rotatable bonds is 5. The average molecular weight is 526 g/mol. The third-order valence-corrected chi connectivity index (χ3v) is 7.16. The van der Waals surface area contributed by atoms with Crippen LogP contribution in [0.1, 0.15) is 16.1 Å². The Balaban J connectivity index is 1.55. The highest BCUT2D eigenvalue weighted by Gasteiger charge is 2.28. The predicted molar refractivity (Wildman–Crippen MR) is 114 cm³/mol. The number of hydrogen-bond acceptors (Lipinski definition) is 7. The number of morpholine rings is 1. The van der Waals surface area contributed by atoms with Crippen molar-refractivity contribution in [2.45, 2.75) is 11.5 Å². The van der Waals surface area contributed by atoms with Crippen LogP contribution in [0.15, 0.2) is 56.8 Å². The van der Waals surface area contributed by atoms with E-state index in [-0.39, 0.29) is 49.1 Å². The first-order valence-corrected chi connectivity index (χ1v) is 11.7. The largest absolute Gasteiger partial charge is 0.455 e. The van der Waals surface area contributed by atoms with Gasteiger partial charge < -0.3 is 9.47 Å². The molecule has 0 bridgehead atoms. The maximum absolute atomic E-state index is 14.3. The molecule has 0 unspecified atom stereocenters. The highest BCUT2D eigenvalue weighted by molar-refractivity contribution is 9.10. The number of aromatic nitrogens is 2. The first-order valence-electron chi connectivity index (χ1n) is 9.48. The SMILES string of the molecule is O=C(OCc1cc(=O)n2cc(Br)ccc2n1)c1cc(S(=O)(=O)N2CCOCC2)ccc1F. The van der Waals surface area contributed by atoms with Gasteiger partial charge in [0.15, 0.2) is 0 Å². The molecule has 1 aromatic carbocycles. The molecule has 0 aliphatic carbocycles. The van der Waals surface area contributed by atoms with Crippen LogP contribution in [0.3, 0.4) is 0 Å². The number of esters is 1. The van der Waals surface area contributed by atoms with E-state index >= 15 is 0 Å². The van der Waals surface area contributed by atoms with E-state index in [0.717, 1.165) is 18.2 Å². The lowest BCUT2D eigenvalue weighted by atomic mass is 10.2. The molecule has 4 rings (SSSR count). The summed E-state index contributed by atoms with van der Waals surface area (Å²) in [7, 11) is -3.92. The second kappa shape index (κ2) is 9.06. The molecule has 0 spiro atoms. The summed E-state index contributed by atoms with van der Waals surface area (Å²) < 4.78 is 53.3. The van der Waals surface area contributed by atoms with Gasteiger partial charge in [-0.15, -0.1) is 0 Å². The highest BCUT2D eigenvalue weighted by Crippen LogP contribution is 2.21. The molecule has 3 heterocycles. The predicted octanol–water partition coefficient (Wildman–Crippen LogP) is 1.97. The van der Waals surface area contributed by atoms with Crippen LogP contribution in [0, 0.1) is 5.82 Å². The molecule has 0 saturated carbocycles. The Morgan fingerprint density at radius 2 is 1.94 bits per heavy atom. The van der Waals surface area contributed by atoms with Gasteiger partial charge in [-0.3, -0.25) is 9.20 Å². The van der Waals surface area contributed by atoms with Gasteiger partial charge in [0.25, 0.3) is 5.56 Å².